The van der Waals surface area contributed by atoms with E-state index >= 15 is 0 Å². The molecule has 9 heteroatoms. The van der Waals surface area contributed by atoms with Crippen LogP contribution in [0, 0.1) is 0 Å². The van der Waals surface area contributed by atoms with E-state index in [2.05, 4.69) is 21.6 Å². The highest BCUT2D eigenvalue weighted by molar-refractivity contribution is 6.05. The van der Waals surface area contributed by atoms with Gasteiger partial charge in [-0.1, -0.05) is 12.1 Å². The van der Waals surface area contributed by atoms with E-state index in [1.165, 1.54) is 0 Å². The van der Waals surface area contributed by atoms with Crippen LogP contribution in [0.2, 0.25) is 0 Å². The first kappa shape index (κ1) is 21.6. The van der Waals surface area contributed by atoms with Gasteiger partial charge in [0.2, 0.25) is 11.8 Å². The Hall–Kier alpha value is -1.67. The van der Waals surface area contributed by atoms with E-state index in [0.29, 0.717) is 18.5 Å². The molecule has 0 bridgehead atoms. The number of halogens is 2. The van der Waals surface area contributed by atoms with Crippen LogP contribution in [-0.4, -0.2) is 59.7 Å². The standard InChI is InChI=1S/C18H22N4O3.2ClH/c23-16-5-4-15(17(24)20-16)22-11-14-12(2-1-3-13(14)18(22)25)10-21-8-6-19-7-9-21;;/h1-3,15,19H,4-11H2,(H,20,23,24);2*1H. The molecule has 2 saturated heterocycles. The molecule has 1 aromatic carbocycles. The molecule has 3 amide bonds. The van der Waals surface area contributed by atoms with E-state index in [9.17, 15) is 14.4 Å². The number of rotatable bonds is 3. The molecule has 0 aliphatic carbocycles. The summed E-state index contributed by atoms with van der Waals surface area (Å²) in [6.45, 7) is 5.22. The van der Waals surface area contributed by atoms with Crippen LogP contribution in [0.1, 0.15) is 34.3 Å². The predicted molar refractivity (Wildman–Crippen MR) is 105 cm³/mol. The molecule has 0 spiro atoms. The molecule has 2 fully saturated rings. The summed E-state index contributed by atoms with van der Waals surface area (Å²) in [5, 5.41) is 5.69. The number of benzene rings is 1. The minimum absolute atomic E-state index is 0. The highest BCUT2D eigenvalue weighted by Gasteiger charge is 2.39. The van der Waals surface area contributed by atoms with Gasteiger partial charge in [0.05, 0.1) is 0 Å². The normalized spacial score (nSPS) is 22.6. The van der Waals surface area contributed by atoms with Gasteiger partial charge in [0.1, 0.15) is 6.04 Å². The van der Waals surface area contributed by atoms with Gasteiger partial charge in [-0.3, -0.25) is 24.6 Å². The first-order valence-electron chi connectivity index (χ1n) is 8.82. The first-order chi connectivity index (χ1) is 12.1. The van der Waals surface area contributed by atoms with Crippen molar-refractivity contribution >= 4 is 42.5 Å². The quantitative estimate of drug-likeness (QED) is 0.711. The van der Waals surface area contributed by atoms with Gasteiger partial charge in [-0.15, -0.1) is 24.8 Å². The van der Waals surface area contributed by atoms with Gasteiger partial charge >= 0.3 is 0 Å². The Labute approximate surface area is 170 Å². The first-order valence-corrected chi connectivity index (χ1v) is 8.82. The number of piperazine rings is 1. The van der Waals surface area contributed by atoms with E-state index in [4.69, 9.17) is 0 Å². The van der Waals surface area contributed by atoms with E-state index in [0.717, 1.165) is 43.9 Å². The van der Waals surface area contributed by atoms with Crippen molar-refractivity contribution in [3.63, 3.8) is 0 Å². The molecule has 1 unspecified atom stereocenters. The fourth-order valence-electron chi connectivity index (χ4n) is 3.91. The van der Waals surface area contributed by atoms with Crippen molar-refractivity contribution in [3.05, 3.63) is 34.9 Å². The van der Waals surface area contributed by atoms with Gasteiger partial charge < -0.3 is 10.2 Å². The minimum Gasteiger partial charge on any atom is -0.322 e. The van der Waals surface area contributed by atoms with E-state index in [1.54, 1.807) is 4.90 Å². The largest absolute Gasteiger partial charge is 0.322 e. The summed E-state index contributed by atoms with van der Waals surface area (Å²) < 4.78 is 0. The van der Waals surface area contributed by atoms with Crippen molar-refractivity contribution in [2.75, 3.05) is 26.2 Å². The maximum Gasteiger partial charge on any atom is 0.255 e. The van der Waals surface area contributed by atoms with Crippen molar-refractivity contribution in [1.29, 1.82) is 0 Å². The van der Waals surface area contributed by atoms with Crippen molar-refractivity contribution in [2.24, 2.45) is 0 Å². The molecule has 27 heavy (non-hydrogen) atoms. The summed E-state index contributed by atoms with van der Waals surface area (Å²) >= 11 is 0. The zero-order valence-electron chi connectivity index (χ0n) is 14.9. The molecule has 3 aliphatic heterocycles. The van der Waals surface area contributed by atoms with Gasteiger partial charge in [-0.2, -0.15) is 0 Å². The summed E-state index contributed by atoms with van der Waals surface area (Å²) in [6, 6.07) is 5.28. The lowest BCUT2D eigenvalue weighted by atomic mass is 10.0. The van der Waals surface area contributed by atoms with E-state index in [1.807, 2.05) is 12.1 Å². The fourth-order valence-corrected chi connectivity index (χ4v) is 3.91. The molecule has 0 aromatic heterocycles. The second kappa shape index (κ2) is 9.01. The lowest BCUT2D eigenvalue weighted by molar-refractivity contribution is -0.136. The summed E-state index contributed by atoms with van der Waals surface area (Å²) in [6.07, 6.45) is 0.682. The highest BCUT2D eigenvalue weighted by Crippen LogP contribution is 2.30. The number of hydrogen-bond donors (Lipinski definition) is 2. The molecular weight excluding hydrogens is 391 g/mol. The lowest BCUT2D eigenvalue weighted by Crippen LogP contribution is -2.52. The average Bonchev–Trinajstić information content (AvgIpc) is 2.94. The smallest absolute Gasteiger partial charge is 0.255 e. The third-order valence-corrected chi connectivity index (χ3v) is 5.28. The maximum absolute atomic E-state index is 12.8. The SMILES string of the molecule is Cl.Cl.O=C1CCC(N2Cc3c(CN4CCNCC4)cccc3C2=O)C(=O)N1. The average molecular weight is 415 g/mol. The van der Waals surface area contributed by atoms with Crippen LogP contribution >= 0.6 is 24.8 Å². The molecule has 0 radical (unpaired) electrons. The number of nitrogens with zero attached hydrogens (tertiary/aromatic N) is 2. The third kappa shape index (κ3) is 4.27. The van der Waals surface area contributed by atoms with Crippen molar-refractivity contribution in [2.45, 2.75) is 32.0 Å². The second-order valence-corrected chi connectivity index (χ2v) is 6.87. The number of imide groups is 1. The number of carbonyl (C=O) groups is 3. The lowest BCUT2D eigenvalue weighted by Gasteiger charge is -2.29. The fraction of sp³-hybridized carbons (Fsp3) is 0.500. The van der Waals surface area contributed by atoms with E-state index in [-0.39, 0.29) is 49.0 Å². The number of amides is 3. The topological polar surface area (TPSA) is 81.8 Å². The summed E-state index contributed by atoms with van der Waals surface area (Å²) in [4.78, 5) is 40.3. The molecule has 3 aliphatic rings. The number of piperidine rings is 1. The summed E-state index contributed by atoms with van der Waals surface area (Å²) in [5.41, 5.74) is 2.87. The third-order valence-electron chi connectivity index (χ3n) is 5.28. The molecule has 3 heterocycles. The number of fused-ring (bicyclic) bond motifs is 1. The summed E-state index contributed by atoms with van der Waals surface area (Å²) in [7, 11) is 0. The van der Waals surface area contributed by atoms with Gasteiger partial charge in [-0.05, 0) is 23.6 Å². The highest BCUT2D eigenvalue weighted by atomic mass is 35.5. The van der Waals surface area contributed by atoms with Crippen LogP contribution in [-0.2, 0) is 22.7 Å². The Bertz CT molecular complexity index is 737. The Kier molecular flexibility index (Phi) is 7.22. The number of hydrogen-bond acceptors (Lipinski definition) is 5. The van der Waals surface area contributed by atoms with Crippen LogP contribution in [0.5, 0.6) is 0 Å². The molecule has 0 saturated carbocycles. The molecule has 148 valence electrons. The van der Waals surface area contributed by atoms with Gasteiger partial charge in [0, 0.05) is 51.3 Å². The van der Waals surface area contributed by atoms with Gasteiger partial charge in [0.15, 0.2) is 0 Å². The maximum atomic E-state index is 12.8. The minimum atomic E-state index is -0.551. The van der Waals surface area contributed by atoms with Crippen molar-refractivity contribution in [1.82, 2.24) is 20.4 Å². The van der Waals surface area contributed by atoms with Crippen molar-refractivity contribution in [3.8, 4) is 0 Å². The van der Waals surface area contributed by atoms with Crippen LogP contribution in [0.4, 0.5) is 0 Å². The van der Waals surface area contributed by atoms with Crippen LogP contribution in [0.15, 0.2) is 18.2 Å². The number of nitrogens with one attached hydrogen (secondary N) is 2. The monoisotopic (exact) mass is 414 g/mol. The van der Waals surface area contributed by atoms with Crippen LogP contribution in [0.25, 0.3) is 0 Å². The molecule has 2 N–H and O–H groups in total. The Balaban J connectivity index is 0.00000131. The number of carbonyl (C=O) groups excluding carboxylic acids is 3. The molecule has 1 aromatic rings. The molecule has 7 nitrogen and oxygen atoms in total. The zero-order chi connectivity index (χ0) is 17.4. The molecule has 1 atom stereocenters. The Morgan fingerprint density at radius 1 is 1.07 bits per heavy atom. The van der Waals surface area contributed by atoms with Crippen LogP contribution in [0.3, 0.4) is 0 Å². The predicted octanol–water partition coefficient (Wildman–Crippen LogP) is 0.696. The zero-order valence-corrected chi connectivity index (χ0v) is 16.5. The van der Waals surface area contributed by atoms with Gasteiger partial charge in [0.25, 0.3) is 5.91 Å². The Morgan fingerprint density at radius 3 is 2.52 bits per heavy atom. The van der Waals surface area contributed by atoms with Crippen LogP contribution < -0.4 is 10.6 Å². The molecular formula is C18H24Cl2N4O3. The molecule has 4 rings (SSSR count). The van der Waals surface area contributed by atoms with Gasteiger partial charge in [-0.25, -0.2) is 0 Å². The van der Waals surface area contributed by atoms with Crippen molar-refractivity contribution < 1.29 is 14.4 Å². The Morgan fingerprint density at radius 2 is 1.81 bits per heavy atom. The second-order valence-electron chi connectivity index (χ2n) is 6.87. The summed E-state index contributed by atoms with van der Waals surface area (Å²) in [5.74, 6) is -0.725. The van der Waals surface area contributed by atoms with E-state index < -0.39 is 6.04 Å².